The normalized spacial score (nSPS) is 17.2. The van der Waals surface area contributed by atoms with Gasteiger partial charge in [0, 0.05) is 45.4 Å². The van der Waals surface area contributed by atoms with Gasteiger partial charge >= 0.3 is 0 Å². The summed E-state index contributed by atoms with van der Waals surface area (Å²) in [4.78, 5) is 14.0. The molecule has 0 amide bonds. The van der Waals surface area contributed by atoms with Crippen LogP contribution in [0.1, 0.15) is 12.8 Å². The summed E-state index contributed by atoms with van der Waals surface area (Å²) < 4.78 is 32.3. The van der Waals surface area contributed by atoms with Gasteiger partial charge in [0.15, 0.2) is 5.96 Å². The number of hydrogen-bond acceptors (Lipinski definition) is 6. The van der Waals surface area contributed by atoms with Crippen molar-refractivity contribution in [3.05, 3.63) is 34.4 Å². The SMILES string of the molecule is CN=C(NCCNS(=O)(=O)c1cccc([N+](=O)[O-])c1)NCC1CCCO1.I. The Labute approximate surface area is 175 Å². The van der Waals surface area contributed by atoms with E-state index in [-0.39, 0.29) is 47.2 Å². The van der Waals surface area contributed by atoms with E-state index in [2.05, 4.69) is 20.3 Å². The van der Waals surface area contributed by atoms with Crippen LogP contribution in [-0.4, -0.2) is 58.7 Å². The van der Waals surface area contributed by atoms with Crippen molar-refractivity contribution < 1.29 is 18.1 Å². The number of nitrogens with one attached hydrogen (secondary N) is 3. The van der Waals surface area contributed by atoms with E-state index in [9.17, 15) is 18.5 Å². The van der Waals surface area contributed by atoms with Gasteiger partial charge in [-0.05, 0) is 18.9 Å². The Morgan fingerprint density at radius 1 is 1.37 bits per heavy atom. The summed E-state index contributed by atoms with van der Waals surface area (Å²) in [5.74, 6) is 0.551. The van der Waals surface area contributed by atoms with Crippen LogP contribution in [0.15, 0.2) is 34.2 Å². The Morgan fingerprint density at radius 3 is 2.78 bits per heavy atom. The zero-order valence-corrected chi connectivity index (χ0v) is 18.0. The van der Waals surface area contributed by atoms with Crippen LogP contribution in [0.4, 0.5) is 5.69 Å². The quantitative estimate of drug-likeness (QED) is 0.117. The number of nitro benzene ring substituents is 1. The first-order valence-corrected chi connectivity index (χ1v) is 9.71. The molecule has 1 aliphatic heterocycles. The Hall–Kier alpha value is -1.51. The molecular weight excluding hydrogens is 489 g/mol. The molecule has 0 spiro atoms. The van der Waals surface area contributed by atoms with Gasteiger partial charge in [-0.2, -0.15) is 0 Å². The fourth-order valence-electron chi connectivity index (χ4n) is 2.45. The van der Waals surface area contributed by atoms with Gasteiger partial charge in [0.05, 0.1) is 15.9 Å². The lowest BCUT2D eigenvalue weighted by Gasteiger charge is -2.15. The molecule has 1 aliphatic rings. The van der Waals surface area contributed by atoms with Crippen molar-refractivity contribution in [2.45, 2.75) is 23.8 Å². The van der Waals surface area contributed by atoms with Gasteiger partial charge in [-0.15, -0.1) is 24.0 Å². The zero-order chi connectivity index (χ0) is 19.0. The van der Waals surface area contributed by atoms with Crippen molar-refractivity contribution in [3.63, 3.8) is 0 Å². The topological polar surface area (TPSA) is 135 Å². The Morgan fingerprint density at radius 2 is 2.15 bits per heavy atom. The minimum atomic E-state index is -3.82. The average Bonchev–Trinajstić information content (AvgIpc) is 3.14. The van der Waals surface area contributed by atoms with E-state index in [4.69, 9.17) is 4.74 Å². The highest BCUT2D eigenvalue weighted by atomic mass is 127. The maximum Gasteiger partial charge on any atom is 0.270 e. The Balaban J connectivity index is 0.00000364. The summed E-state index contributed by atoms with van der Waals surface area (Å²) in [7, 11) is -2.20. The summed E-state index contributed by atoms with van der Waals surface area (Å²) >= 11 is 0. The standard InChI is InChI=1S/C15H23N5O5S.HI/c1-16-15(18-11-13-5-3-9-25-13)17-7-8-19-26(23,24)14-6-2-4-12(10-14)20(21)22;/h2,4,6,10,13,19H,3,5,7-9,11H2,1H3,(H2,16,17,18);1H. The molecule has 1 saturated heterocycles. The number of hydrogen-bond donors (Lipinski definition) is 3. The lowest BCUT2D eigenvalue weighted by atomic mass is 10.2. The Bertz CT molecular complexity index is 753. The largest absolute Gasteiger partial charge is 0.376 e. The first-order chi connectivity index (χ1) is 12.4. The van der Waals surface area contributed by atoms with Gasteiger partial charge in [0.2, 0.25) is 10.0 Å². The van der Waals surface area contributed by atoms with Gasteiger partial charge in [0.1, 0.15) is 0 Å². The molecule has 1 fully saturated rings. The Kier molecular flexibility index (Phi) is 9.90. The van der Waals surface area contributed by atoms with Gasteiger partial charge in [-0.3, -0.25) is 15.1 Å². The van der Waals surface area contributed by atoms with Crippen LogP contribution in [0.25, 0.3) is 0 Å². The summed E-state index contributed by atoms with van der Waals surface area (Å²) in [6.07, 6.45) is 2.23. The molecule has 12 heteroatoms. The summed E-state index contributed by atoms with van der Waals surface area (Å²) in [6.45, 7) is 1.82. The van der Waals surface area contributed by atoms with Crippen molar-refractivity contribution >= 4 is 45.6 Å². The molecule has 1 aromatic rings. The van der Waals surface area contributed by atoms with Crippen LogP contribution in [0.2, 0.25) is 0 Å². The molecule has 0 bridgehead atoms. The number of sulfonamides is 1. The third-order valence-electron chi connectivity index (χ3n) is 3.79. The van der Waals surface area contributed by atoms with Crippen LogP contribution in [0.5, 0.6) is 0 Å². The summed E-state index contributed by atoms with van der Waals surface area (Å²) in [5, 5.41) is 16.9. The van der Waals surface area contributed by atoms with Crippen molar-refractivity contribution in [2.75, 3.05) is 33.3 Å². The van der Waals surface area contributed by atoms with E-state index in [0.717, 1.165) is 25.5 Å². The van der Waals surface area contributed by atoms with Gasteiger partial charge in [-0.25, -0.2) is 13.1 Å². The minimum absolute atomic E-state index is 0. The molecular formula is C15H24IN5O5S. The van der Waals surface area contributed by atoms with E-state index < -0.39 is 14.9 Å². The number of rotatable bonds is 8. The molecule has 0 aliphatic carbocycles. The molecule has 2 rings (SSSR count). The maximum absolute atomic E-state index is 12.2. The van der Waals surface area contributed by atoms with E-state index in [0.29, 0.717) is 19.0 Å². The maximum atomic E-state index is 12.2. The molecule has 1 heterocycles. The number of ether oxygens (including phenoxy) is 1. The first-order valence-electron chi connectivity index (χ1n) is 8.22. The van der Waals surface area contributed by atoms with Gasteiger partial charge in [0.25, 0.3) is 5.69 Å². The van der Waals surface area contributed by atoms with E-state index in [1.165, 1.54) is 18.2 Å². The number of non-ortho nitro benzene ring substituents is 1. The molecule has 0 saturated carbocycles. The van der Waals surface area contributed by atoms with Gasteiger partial charge in [-0.1, -0.05) is 6.07 Å². The van der Waals surface area contributed by atoms with Crippen molar-refractivity contribution in [1.29, 1.82) is 0 Å². The molecule has 152 valence electrons. The first kappa shape index (κ1) is 23.5. The number of nitro groups is 1. The highest BCUT2D eigenvalue weighted by Crippen LogP contribution is 2.16. The zero-order valence-electron chi connectivity index (χ0n) is 14.9. The predicted octanol–water partition coefficient (Wildman–Crippen LogP) is 0.835. The van der Waals surface area contributed by atoms with Crippen LogP contribution in [-0.2, 0) is 14.8 Å². The highest BCUT2D eigenvalue weighted by molar-refractivity contribution is 14.0. The molecule has 27 heavy (non-hydrogen) atoms. The third kappa shape index (κ3) is 7.56. The second-order valence-electron chi connectivity index (χ2n) is 5.67. The fourth-order valence-corrected chi connectivity index (χ4v) is 3.52. The number of guanidine groups is 1. The van der Waals surface area contributed by atoms with E-state index >= 15 is 0 Å². The molecule has 1 aromatic carbocycles. The van der Waals surface area contributed by atoms with E-state index in [1.54, 1.807) is 7.05 Å². The average molecular weight is 513 g/mol. The van der Waals surface area contributed by atoms with Crippen molar-refractivity contribution in [3.8, 4) is 0 Å². The smallest absolute Gasteiger partial charge is 0.270 e. The number of benzene rings is 1. The van der Waals surface area contributed by atoms with Crippen LogP contribution in [0.3, 0.4) is 0 Å². The fraction of sp³-hybridized carbons (Fsp3) is 0.533. The lowest BCUT2D eigenvalue weighted by molar-refractivity contribution is -0.385. The van der Waals surface area contributed by atoms with Crippen molar-refractivity contribution in [2.24, 2.45) is 4.99 Å². The third-order valence-corrected chi connectivity index (χ3v) is 5.25. The van der Waals surface area contributed by atoms with Crippen LogP contribution in [0, 0.1) is 10.1 Å². The molecule has 0 radical (unpaired) electrons. The summed E-state index contributed by atoms with van der Waals surface area (Å²) in [6, 6.07) is 4.91. The lowest BCUT2D eigenvalue weighted by Crippen LogP contribution is -2.43. The molecule has 0 aromatic heterocycles. The van der Waals surface area contributed by atoms with Crippen LogP contribution >= 0.6 is 24.0 Å². The second-order valence-corrected chi connectivity index (χ2v) is 7.43. The minimum Gasteiger partial charge on any atom is -0.376 e. The molecule has 1 unspecified atom stereocenters. The highest BCUT2D eigenvalue weighted by Gasteiger charge is 2.17. The monoisotopic (exact) mass is 513 g/mol. The molecule has 10 nitrogen and oxygen atoms in total. The summed E-state index contributed by atoms with van der Waals surface area (Å²) in [5.41, 5.74) is -0.273. The van der Waals surface area contributed by atoms with Crippen LogP contribution < -0.4 is 15.4 Å². The number of halogens is 1. The predicted molar refractivity (Wildman–Crippen MR) is 112 cm³/mol. The van der Waals surface area contributed by atoms with E-state index in [1.807, 2.05) is 0 Å². The molecule has 3 N–H and O–H groups in total. The number of nitrogens with zero attached hydrogens (tertiary/aromatic N) is 2. The molecule has 1 atom stereocenters. The van der Waals surface area contributed by atoms with Crippen molar-refractivity contribution in [1.82, 2.24) is 15.4 Å². The second kappa shape index (κ2) is 11.4. The number of aliphatic imine (C=N–C) groups is 1. The van der Waals surface area contributed by atoms with Gasteiger partial charge < -0.3 is 15.4 Å².